The average molecular weight is 547 g/mol. The van der Waals surface area contributed by atoms with Crippen molar-refractivity contribution >= 4 is 11.8 Å². The van der Waals surface area contributed by atoms with E-state index in [0.717, 1.165) is 66.5 Å². The lowest BCUT2D eigenvalue weighted by Gasteiger charge is -2.26. The van der Waals surface area contributed by atoms with Gasteiger partial charge in [-0.3, -0.25) is 4.90 Å². The van der Waals surface area contributed by atoms with Crippen LogP contribution in [-0.4, -0.2) is 45.1 Å². The summed E-state index contributed by atoms with van der Waals surface area (Å²) < 4.78 is 22.3. The van der Waals surface area contributed by atoms with Crippen LogP contribution in [0.1, 0.15) is 54.0 Å². The molecule has 0 amide bonds. The van der Waals surface area contributed by atoms with Gasteiger partial charge in [0, 0.05) is 11.4 Å². The van der Waals surface area contributed by atoms with Gasteiger partial charge in [0.05, 0.1) is 45.8 Å². The quantitative estimate of drug-likeness (QED) is 0.166. The molecule has 2 atom stereocenters. The first-order valence-electron chi connectivity index (χ1n) is 13.3. The Kier molecular flexibility index (Phi) is 10.0. The topological polar surface area (TPSA) is 64.0 Å². The molecule has 2 unspecified atom stereocenters. The molecule has 1 aliphatic heterocycles. The van der Waals surface area contributed by atoms with Gasteiger partial charge in [-0.1, -0.05) is 36.6 Å². The van der Waals surface area contributed by atoms with Gasteiger partial charge in [-0.05, 0) is 79.4 Å². The molecular weight excluding hydrogens is 508 g/mol. The summed E-state index contributed by atoms with van der Waals surface area (Å²) in [6.45, 7) is 3.86. The molecule has 3 aromatic rings. The number of fused-ring (bicyclic) bond motifs is 1. The second-order valence-corrected chi connectivity index (χ2v) is 11.1. The fourth-order valence-electron chi connectivity index (χ4n) is 5.21. The predicted octanol–water partition coefficient (Wildman–Crippen LogP) is 7.18. The van der Waals surface area contributed by atoms with E-state index < -0.39 is 0 Å². The molecule has 0 radical (unpaired) electrons. The van der Waals surface area contributed by atoms with Crippen molar-refractivity contribution in [2.24, 2.45) is 0 Å². The van der Waals surface area contributed by atoms with E-state index in [9.17, 15) is 5.26 Å². The molecule has 4 rings (SSSR count). The normalized spacial score (nSPS) is 15.3. The minimum Gasteiger partial charge on any atom is -0.493 e. The highest BCUT2D eigenvalue weighted by atomic mass is 32.2. The SMILES string of the molecule is COc1ccc(C2c3cc(OC)c(OC)cc3CN2CCCCCC(C#N)Sc2ccc(C)cc2)cc1OC. The molecular formula is C32H38N2O4S. The summed E-state index contributed by atoms with van der Waals surface area (Å²) in [6.07, 6.45) is 4.05. The molecule has 1 aliphatic rings. The number of nitriles is 1. The van der Waals surface area contributed by atoms with Crippen LogP contribution in [0.2, 0.25) is 0 Å². The molecule has 0 aliphatic carbocycles. The first kappa shape index (κ1) is 28.7. The van der Waals surface area contributed by atoms with Crippen LogP contribution < -0.4 is 18.9 Å². The van der Waals surface area contributed by atoms with E-state index in [-0.39, 0.29) is 11.3 Å². The highest BCUT2D eigenvalue weighted by Crippen LogP contribution is 2.45. The average Bonchev–Trinajstić information content (AvgIpc) is 3.32. The maximum Gasteiger partial charge on any atom is 0.161 e. The van der Waals surface area contributed by atoms with Gasteiger partial charge in [-0.15, -0.1) is 11.8 Å². The number of ether oxygens (including phenoxy) is 4. The maximum atomic E-state index is 9.68. The van der Waals surface area contributed by atoms with Crippen molar-refractivity contribution in [3.05, 3.63) is 76.9 Å². The van der Waals surface area contributed by atoms with Crippen molar-refractivity contribution in [2.75, 3.05) is 35.0 Å². The van der Waals surface area contributed by atoms with Crippen LogP contribution in [0.4, 0.5) is 0 Å². The summed E-state index contributed by atoms with van der Waals surface area (Å²) >= 11 is 1.67. The molecule has 39 heavy (non-hydrogen) atoms. The summed E-state index contributed by atoms with van der Waals surface area (Å²) in [5.74, 6) is 2.92. The number of hydrogen-bond acceptors (Lipinski definition) is 7. The van der Waals surface area contributed by atoms with Crippen molar-refractivity contribution in [1.82, 2.24) is 4.90 Å². The van der Waals surface area contributed by atoms with Gasteiger partial charge < -0.3 is 18.9 Å². The van der Waals surface area contributed by atoms with Gasteiger partial charge in [-0.2, -0.15) is 5.26 Å². The Morgan fingerprint density at radius 1 is 0.846 bits per heavy atom. The number of nitrogens with zero attached hydrogens (tertiary/aromatic N) is 2. The first-order chi connectivity index (χ1) is 19.0. The Morgan fingerprint density at radius 3 is 2.18 bits per heavy atom. The number of hydrogen-bond donors (Lipinski definition) is 0. The van der Waals surface area contributed by atoms with E-state index in [2.05, 4.69) is 66.4 Å². The number of methoxy groups -OCH3 is 4. The number of rotatable bonds is 13. The zero-order chi connectivity index (χ0) is 27.8. The van der Waals surface area contributed by atoms with Crippen LogP contribution in [-0.2, 0) is 6.54 Å². The van der Waals surface area contributed by atoms with E-state index in [1.807, 2.05) is 6.07 Å². The molecule has 0 saturated heterocycles. The minimum absolute atomic E-state index is 0.0248. The highest BCUT2D eigenvalue weighted by molar-refractivity contribution is 8.00. The van der Waals surface area contributed by atoms with Crippen molar-refractivity contribution in [3.63, 3.8) is 0 Å². The standard InChI is InChI=1S/C32H38N2O4S/c1-22-10-13-25(14-11-22)39-26(20-33)9-7-6-8-16-34-21-24-18-30(37-4)31(38-5)19-27(24)32(34)23-12-15-28(35-2)29(17-23)36-3/h10-15,17-19,26,32H,6-9,16,21H2,1-5H3. The summed E-state index contributed by atoms with van der Waals surface area (Å²) in [6, 6.07) is 21.3. The largest absolute Gasteiger partial charge is 0.493 e. The fourth-order valence-corrected chi connectivity index (χ4v) is 6.17. The van der Waals surface area contributed by atoms with Crippen LogP contribution in [0.3, 0.4) is 0 Å². The number of thioether (sulfide) groups is 1. The van der Waals surface area contributed by atoms with E-state index >= 15 is 0 Å². The lowest BCUT2D eigenvalue weighted by molar-refractivity contribution is 0.237. The summed E-state index contributed by atoms with van der Waals surface area (Å²) in [4.78, 5) is 3.67. The summed E-state index contributed by atoms with van der Waals surface area (Å²) in [5.41, 5.74) is 4.85. The van der Waals surface area contributed by atoms with Crippen LogP contribution >= 0.6 is 11.8 Å². The van der Waals surface area contributed by atoms with Gasteiger partial charge in [0.25, 0.3) is 0 Å². The molecule has 0 fully saturated rings. The lowest BCUT2D eigenvalue weighted by atomic mass is 9.96. The van der Waals surface area contributed by atoms with Crippen LogP contribution in [0.25, 0.3) is 0 Å². The second-order valence-electron chi connectivity index (χ2n) is 9.79. The molecule has 0 aromatic heterocycles. The van der Waals surface area contributed by atoms with E-state index in [1.54, 1.807) is 40.2 Å². The van der Waals surface area contributed by atoms with Crippen molar-refractivity contribution in [2.45, 2.75) is 55.3 Å². The molecule has 6 nitrogen and oxygen atoms in total. The Morgan fingerprint density at radius 2 is 1.51 bits per heavy atom. The van der Waals surface area contributed by atoms with Crippen molar-refractivity contribution in [1.29, 1.82) is 5.26 Å². The third-order valence-electron chi connectivity index (χ3n) is 7.26. The fraction of sp³-hybridized carbons (Fsp3) is 0.406. The monoisotopic (exact) mass is 546 g/mol. The van der Waals surface area contributed by atoms with E-state index in [0.29, 0.717) is 5.75 Å². The molecule has 0 bridgehead atoms. The zero-order valence-electron chi connectivity index (χ0n) is 23.5. The molecule has 0 saturated carbocycles. The van der Waals surface area contributed by atoms with Gasteiger partial charge >= 0.3 is 0 Å². The smallest absolute Gasteiger partial charge is 0.161 e. The van der Waals surface area contributed by atoms with Gasteiger partial charge in [0.15, 0.2) is 23.0 Å². The predicted molar refractivity (Wildman–Crippen MR) is 156 cm³/mol. The van der Waals surface area contributed by atoms with Crippen molar-refractivity contribution in [3.8, 4) is 29.1 Å². The summed E-state index contributed by atoms with van der Waals surface area (Å²) in [5, 5.41) is 9.65. The minimum atomic E-state index is -0.0248. The lowest BCUT2D eigenvalue weighted by Crippen LogP contribution is -2.24. The Balaban J connectivity index is 1.44. The molecule has 7 heteroatoms. The molecule has 3 aromatic carbocycles. The zero-order valence-corrected chi connectivity index (χ0v) is 24.3. The van der Waals surface area contributed by atoms with Gasteiger partial charge in [0.2, 0.25) is 0 Å². The van der Waals surface area contributed by atoms with Gasteiger partial charge in [0.1, 0.15) is 0 Å². The highest BCUT2D eigenvalue weighted by Gasteiger charge is 2.33. The van der Waals surface area contributed by atoms with Crippen molar-refractivity contribution < 1.29 is 18.9 Å². The van der Waals surface area contributed by atoms with Crippen LogP contribution in [0.15, 0.2) is 59.5 Å². The van der Waals surface area contributed by atoms with Crippen LogP contribution in [0, 0.1) is 18.3 Å². The molecule has 0 spiro atoms. The van der Waals surface area contributed by atoms with Gasteiger partial charge in [-0.25, -0.2) is 0 Å². The molecule has 206 valence electrons. The third kappa shape index (κ3) is 6.81. The van der Waals surface area contributed by atoms with Crippen LogP contribution in [0.5, 0.6) is 23.0 Å². The number of benzene rings is 3. The third-order valence-corrected chi connectivity index (χ3v) is 8.43. The Bertz CT molecular complexity index is 1290. The summed E-state index contributed by atoms with van der Waals surface area (Å²) in [7, 11) is 6.67. The maximum absolute atomic E-state index is 9.68. The second kappa shape index (κ2) is 13.6. The Labute approximate surface area is 236 Å². The molecule has 1 heterocycles. The first-order valence-corrected chi connectivity index (χ1v) is 14.2. The van der Waals surface area contributed by atoms with E-state index in [1.165, 1.54) is 16.7 Å². The Hall–Kier alpha value is -3.34. The number of unbranched alkanes of at least 4 members (excludes halogenated alkanes) is 2. The number of aryl methyl sites for hydroxylation is 1. The molecule has 0 N–H and O–H groups in total. The van der Waals surface area contributed by atoms with E-state index in [4.69, 9.17) is 18.9 Å².